The van der Waals surface area contributed by atoms with Crippen LogP contribution in [0.15, 0.2) is 12.1 Å². The number of benzene rings is 1. The highest BCUT2D eigenvalue weighted by atomic mass is 32.2. The predicted molar refractivity (Wildman–Crippen MR) is 113 cm³/mol. The van der Waals surface area contributed by atoms with Crippen molar-refractivity contribution in [2.45, 2.75) is 63.4 Å². The third-order valence-electron chi connectivity index (χ3n) is 4.83. The number of aliphatic hydroxyl groups is 1. The van der Waals surface area contributed by atoms with Gasteiger partial charge in [-0.2, -0.15) is 42.5 Å². The number of nitrogens with one attached hydrogen (secondary N) is 1. The van der Waals surface area contributed by atoms with E-state index >= 15 is 0 Å². The number of nitrogens with zero attached hydrogens (tertiary/aromatic N) is 1. The molecule has 1 aromatic carbocycles. The Morgan fingerprint density at radius 1 is 1.19 bits per heavy atom. The van der Waals surface area contributed by atoms with Gasteiger partial charge in [0, 0.05) is 5.75 Å². The highest BCUT2D eigenvalue weighted by Gasteiger charge is 2.59. The van der Waals surface area contributed by atoms with E-state index in [4.69, 9.17) is 4.74 Å². The van der Waals surface area contributed by atoms with E-state index in [9.17, 15) is 50.7 Å². The van der Waals surface area contributed by atoms with Crippen molar-refractivity contribution >= 4 is 23.5 Å². The van der Waals surface area contributed by atoms with Gasteiger partial charge < -0.3 is 19.9 Å². The Morgan fingerprint density at radius 2 is 1.78 bits per heavy atom. The second-order valence-electron chi connectivity index (χ2n) is 9.01. The minimum absolute atomic E-state index is 0.232. The first-order valence-corrected chi connectivity index (χ1v) is 11.5. The number of alkyl halides is 6. The van der Waals surface area contributed by atoms with Gasteiger partial charge in [0.05, 0.1) is 17.1 Å². The summed E-state index contributed by atoms with van der Waals surface area (Å²) >= 11 is 1.27. The Morgan fingerprint density at radius 3 is 2.28 bits per heavy atom. The van der Waals surface area contributed by atoms with Crippen molar-refractivity contribution in [1.29, 1.82) is 0 Å². The molecule has 2 N–H and O–H groups in total. The maximum atomic E-state index is 14.4. The molecule has 0 bridgehead atoms. The fourth-order valence-electron chi connectivity index (χ4n) is 3.40. The molecule has 1 amide bonds. The molecular formula is C20H23F7N2O6S. The van der Waals surface area contributed by atoms with E-state index in [1.165, 1.54) is 11.8 Å². The smallest absolute Gasteiger partial charge is 0.434 e. The SMILES string of the molecule is CC(C)(C)OC(=O)N[C@H]1CSC[C@@H](Cc2cc(F)c([N+](=O)[O-])c(OC(C(F)(F)F)C(F)(F)F)c2)[C@@H]1O. The normalized spacial score (nSPS) is 21.3. The van der Waals surface area contributed by atoms with Crippen molar-refractivity contribution in [1.82, 2.24) is 5.32 Å². The van der Waals surface area contributed by atoms with Crippen molar-refractivity contribution in [2.75, 3.05) is 11.5 Å². The largest absolute Gasteiger partial charge is 0.464 e. The standard InChI is InChI=1S/C20H23F7N2O6S/c1-18(2,3)35-17(31)28-12-8-36-7-10(15(12)30)4-9-5-11(21)14(29(32)33)13(6-9)34-16(19(22,23)24)20(25,26)27/h5-6,10,12,15-16,30H,4,7-8H2,1-3H3,(H,28,31)/t10-,12+,15+/m1/s1. The zero-order valence-corrected chi connectivity index (χ0v) is 19.9. The first kappa shape index (κ1) is 29.7. The van der Waals surface area contributed by atoms with Crippen LogP contribution in [0.25, 0.3) is 0 Å². The molecule has 1 aliphatic heterocycles. The maximum Gasteiger partial charge on any atom is 0.434 e. The number of hydrogen-bond donors (Lipinski definition) is 2. The van der Waals surface area contributed by atoms with Crippen LogP contribution in [-0.2, 0) is 11.2 Å². The summed E-state index contributed by atoms with van der Waals surface area (Å²) < 4.78 is 101. The van der Waals surface area contributed by atoms with Gasteiger partial charge in [-0.3, -0.25) is 10.1 Å². The van der Waals surface area contributed by atoms with E-state index in [-0.39, 0.29) is 23.5 Å². The van der Waals surface area contributed by atoms with Crippen LogP contribution in [0.2, 0.25) is 0 Å². The quantitative estimate of drug-likeness (QED) is 0.297. The van der Waals surface area contributed by atoms with Crippen LogP contribution in [0.3, 0.4) is 0 Å². The van der Waals surface area contributed by atoms with E-state index in [1.807, 2.05) is 0 Å². The molecule has 0 spiro atoms. The molecule has 1 aliphatic rings. The molecule has 204 valence electrons. The van der Waals surface area contributed by atoms with Crippen molar-refractivity contribution in [2.24, 2.45) is 5.92 Å². The molecule has 1 aromatic rings. The highest BCUT2D eigenvalue weighted by Crippen LogP contribution is 2.41. The number of halogens is 7. The Kier molecular flexibility index (Phi) is 8.97. The molecular weight excluding hydrogens is 529 g/mol. The Bertz CT molecular complexity index is 954. The monoisotopic (exact) mass is 552 g/mol. The zero-order chi connectivity index (χ0) is 27.6. The summed E-state index contributed by atoms with van der Waals surface area (Å²) in [6, 6.07) is 0.249. The summed E-state index contributed by atoms with van der Waals surface area (Å²) in [4.78, 5) is 21.7. The van der Waals surface area contributed by atoms with Gasteiger partial charge >= 0.3 is 24.1 Å². The van der Waals surface area contributed by atoms with Gasteiger partial charge in [-0.1, -0.05) is 0 Å². The van der Waals surface area contributed by atoms with Crippen LogP contribution in [0, 0.1) is 21.8 Å². The van der Waals surface area contributed by atoms with Crippen LogP contribution in [0.5, 0.6) is 5.75 Å². The number of amides is 1. The fourth-order valence-corrected chi connectivity index (χ4v) is 4.69. The van der Waals surface area contributed by atoms with Crippen LogP contribution < -0.4 is 10.1 Å². The summed E-state index contributed by atoms with van der Waals surface area (Å²) in [5.74, 6) is -3.53. The van der Waals surface area contributed by atoms with E-state index in [0.29, 0.717) is 12.1 Å². The number of nitro groups is 1. The van der Waals surface area contributed by atoms with Gasteiger partial charge in [-0.25, -0.2) is 4.79 Å². The Labute approximate surface area is 204 Å². The third kappa shape index (κ3) is 8.01. The third-order valence-corrected chi connectivity index (χ3v) is 6.09. The predicted octanol–water partition coefficient (Wildman–Crippen LogP) is 4.77. The second-order valence-corrected chi connectivity index (χ2v) is 10.1. The Balaban J connectivity index is 2.31. The number of alkyl carbamates (subject to hydrolysis) is 1. The van der Waals surface area contributed by atoms with Crippen LogP contribution in [0.1, 0.15) is 26.3 Å². The summed E-state index contributed by atoms with van der Waals surface area (Å²) in [6.07, 6.45) is -18.8. The molecule has 3 atom stereocenters. The zero-order valence-electron chi connectivity index (χ0n) is 19.1. The molecule has 8 nitrogen and oxygen atoms in total. The molecule has 0 unspecified atom stereocenters. The lowest BCUT2D eigenvalue weighted by Gasteiger charge is -2.35. The lowest BCUT2D eigenvalue weighted by atomic mass is 9.91. The number of hydrogen-bond acceptors (Lipinski definition) is 7. The van der Waals surface area contributed by atoms with E-state index in [2.05, 4.69) is 10.1 Å². The highest BCUT2D eigenvalue weighted by molar-refractivity contribution is 7.99. The van der Waals surface area contributed by atoms with Crippen molar-refractivity contribution in [3.8, 4) is 5.75 Å². The molecule has 16 heteroatoms. The van der Waals surface area contributed by atoms with Gasteiger partial charge in [0.15, 0.2) is 0 Å². The number of nitro benzene ring substituents is 1. The lowest BCUT2D eigenvalue weighted by molar-refractivity contribution is -0.390. The first-order chi connectivity index (χ1) is 16.3. The van der Waals surface area contributed by atoms with Crippen molar-refractivity contribution in [3.05, 3.63) is 33.6 Å². The minimum Gasteiger partial charge on any atom is -0.464 e. The van der Waals surface area contributed by atoms with Crippen LogP contribution in [0.4, 0.5) is 41.2 Å². The summed E-state index contributed by atoms with van der Waals surface area (Å²) in [6.45, 7) is 4.85. The lowest BCUT2D eigenvalue weighted by Crippen LogP contribution is -2.52. The van der Waals surface area contributed by atoms with Gasteiger partial charge in [0.1, 0.15) is 5.60 Å². The second kappa shape index (κ2) is 10.9. The average molecular weight is 552 g/mol. The maximum absolute atomic E-state index is 14.4. The summed E-state index contributed by atoms with van der Waals surface area (Å²) in [7, 11) is 0. The molecule has 0 saturated carbocycles. The Hall–Kier alpha value is -2.49. The van der Waals surface area contributed by atoms with Crippen LogP contribution in [-0.4, -0.2) is 63.8 Å². The molecule has 36 heavy (non-hydrogen) atoms. The molecule has 0 radical (unpaired) electrons. The van der Waals surface area contributed by atoms with Crippen LogP contribution >= 0.6 is 11.8 Å². The molecule has 0 aliphatic carbocycles. The molecule has 1 saturated heterocycles. The topological polar surface area (TPSA) is 111 Å². The summed E-state index contributed by atoms with van der Waals surface area (Å²) in [5.41, 5.74) is -2.77. The van der Waals surface area contributed by atoms with E-state index < -0.39 is 70.4 Å². The number of aliphatic hydroxyl groups excluding tert-OH is 1. The average Bonchev–Trinajstić information content (AvgIpc) is 2.65. The number of ether oxygens (including phenoxy) is 2. The number of rotatable bonds is 6. The summed E-state index contributed by atoms with van der Waals surface area (Å²) in [5, 5.41) is 24.3. The van der Waals surface area contributed by atoms with Crippen molar-refractivity contribution < 1.29 is 55.0 Å². The minimum atomic E-state index is -5.99. The van der Waals surface area contributed by atoms with Gasteiger partial charge in [0.25, 0.3) is 6.10 Å². The number of carbonyl (C=O) groups is 1. The molecule has 1 heterocycles. The molecule has 1 fully saturated rings. The van der Waals surface area contributed by atoms with Crippen molar-refractivity contribution in [3.63, 3.8) is 0 Å². The van der Waals surface area contributed by atoms with Gasteiger partial charge in [0.2, 0.25) is 11.6 Å². The first-order valence-electron chi connectivity index (χ1n) is 10.3. The van der Waals surface area contributed by atoms with E-state index in [1.54, 1.807) is 20.8 Å². The van der Waals surface area contributed by atoms with Gasteiger partial charge in [-0.05, 0) is 56.6 Å². The molecule has 2 rings (SSSR count). The number of thioether (sulfide) groups is 1. The molecule has 0 aromatic heterocycles. The van der Waals surface area contributed by atoms with Gasteiger partial charge in [-0.15, -0.1) is 0 Å². The number of carbonyl (C=O) groups excluding carboxylic acids is 1. The fraction of sp³-hybridized carbons (Fsp3) is 0.650. The van der Waals surface area contributed by atoms with E-state index in [0.717, 1.165) is 0 Å².